The molecule has 0 spiro atoms. The Kier molecular flexibility index (Phi) is 5.12. The lowest BCUT2D eigenvalue weighted by atomic mass is 10.3. The summed E-state index contributed by atoms with van der Waals surface area (Å²) in [5.74, 6) is -0.111. The second-order valence-electron chi connectivity index (χ2n) is 1.65. The lowest BCUT2D eigenvalue weighted by Crippen LogP contribution is -1.91. The summed E-state index contributed by atoms with van der Waals surface area (Å²) < 4.78 is 12.2. The lowest BCUT2D eigenvalue weighted by molar-refractivity contribution is 0.615. The third kappa shape index (κ3) is 5.24. The molecule has 0 amide bonds. The average Bonchev–Trinajstić information content (AvgIpc) is 1.89. The molecule has 9 heavy (non-hydrogen) atoms. The van der Waals surface area contributed by atoms with Gasteiger partial charge in [0.25, 0.3) is 0 Å². The first kappa shape index (κ1) is 8.37. The lowest BCUT2D eigenvalue weighted by Gasteiger charge is -1.85. The minimum Gasteiger partial charge on any atom is -0.327 e. The molecule has 0 aliphatic carbocycles. The summed E-state index contributed by atoms with van der Waals surface area (Å²) in [6, 6.07) is 0. The summed E-state index contributed by atoms with van der Waals surface area (Å²) in [5, 5.41) is 0. The highest BCUT2D eigenvalue weighted by molar-refractivity contribution is 4.98. The number of halogens is 1. The van der Waals surface area contributed by atoms with Crippen molar-refractivity contribution in [1.82, 2.24) is 0 Å². The van der Waals surface area contributed by atoms with Crippen LogP contribution in [-0.4, -0.2) is 6.54 Å². The first-order chi connectivity index (χ1) is 4.31. The van der Waals surface area contributed by atoms with Crippen molar-refractivity contribution in [2.75, 3.05) is 6.54 Å². The second-order valence-corrected chi connectivity index (χ2v) is 1.65. The summed E-state index contributed by atoms with van der Waals surface area (Å²) in [4.78, 5) is 0. The molecule has 1 nitrogen and oxygen atoms in total. The maximum Gasteiger partial charge on any atom is 0.0994 e. The number of nitrogens with two attached hydrogens (primary N) is 1. The van der Waals surface area contributed by atoms with Crippen molar-refractivity contribution in [3.63, 3.8) is 0 Å². The highest BCUT2D eigenvalue weighted by Crippen LogP contribution is 2.01. The Morgan fingerprint density at radius 2 is 2.22 bits per heavy atom. The van der Waals surface area contributed by atoms with E-state index in [-0.39, 0.29) is 5.83 Å². The summed E-state index contributed by atoms with van der Waals surface area (Å²) in [7, 11) is 0. The molecule has 0 rings (SSSR count). The fraction of sp³-hybridized carbons (Fsp3) is 0.429. The van der Waals surface area contributed by atoms with Gasteiger partial charge >= 0.3 is 0 Å². The Hall–Kier alpha value is -0.630. The van der Waals surface area contributed by atoms with Gasteiger partial charge in [0.1, 0.15) is 0 Å². The van der Waals surface area contributed by atoms with E-state index in [2.05, 4.69) is 0 Å². The molecular weight excluding hydrogens is 117 g/mol. The van der Waals surface area contributed by atoms with Gasteiger partial charge in [-0.2, -0.15) is 0 Å². The molecule has 0 heterocycles. The largest absolute Gasteiger partial charge is 0.327 e. The SMILES string of the molecule is C/C=C(/F)C/C=C\CN. The third-order valence-corrected chi connectivity index (χ3v) is 0.929. The standard InChI is InChI=1S/C7H12FN/c1-2-7(8)5-3-4-6-9/h2-4H,5-6,9H2,1H3/b4-3-,7-2+. The molecule has 0 bridgehead atoms. The van der Waals surface area contributed by atoms with Crippen LogP contribution in [0.2, 0.25) is 0 Å². The molecule has 0 fully saturated rings. The second kappa shape index (κ2) is 5.51. The Labute approximate surface area is 55.1 Å². The summed E-state index contributed by atoms with van der Waals surface area (Å²) >= 11 is 0. The molecule has 0 aromatic carbocycles. The normalized spacial score (nSPS) is 13.0. The number of hydrogen-bond donors (Lipinski definition) is 1. The average molecular weight is 129 g/mol. The monoisotopic (exact) mass is 129 g/mol. The molecule has 52 valence electrons. The molecule has 0 aromatic rings. The Morgan fingerprint density at radius 3 is 2.67 bits per heavy atom. The Balaban J connectivity index is 3.38. The first-order valence-corrected chi connectivity index (χ1v) is 2.97. The van der Waals surface area contributed by atoms with Crippen molar-refractivity contribution in [3.05, 3.63) is 24.1 Å². The van der Waals surface area contributed by atoms with E-state index in [9.17, 15) is 4.39 Å². The molecule has 2 N–H and O–H groups in total. The van der Waals surface area contributed by atoms with E-state index in [1.54, 1.807) is 19.1 Å². The fourth-order valence-corrected chi connectivity index (χ4v) is 0.410. The van der Waals surface area contributed by atoms with Crippen LogP contribution in [0.1, 0.15) is 13.3 Å². The van der Waals surface area contributed by atoms with Crippen LogP contribution in [0.25, 0.3) is 0 Å². The minimum atomic E-state index is -0.111. The molecule has 2 heteroatoms. The van der Waals surface area contributed by atoms with Crippen LogP contribution in [-0.2, 0) is 0 Å². The highest BCUT2D eigenvalue weighted by Gasteiger charge is 1.84. The van der Waals surface area contributed by atoms with Crippen LogP contribution < -0.4 is 5.73 Å². The molecule has 0 unspecified atom stereocenters. The van der Waals surface area contributed by atoms with Gasteiger partial charge < -0.3 is 5.73 Å². The van der Waals surface area contributed by atoms with E-state index in [1.165, 1.54) is 6.08 Å². The van der Waals surface area contributed by atoms with Crippen molar-refractivity contribution in [1.29, 1.82) is 0 Å². The first-order valence-electron chi connectivity index (χ1n) is 2.97. The molecule has 0 atom stereocenters. The molecule has 0 aromatic heterocycles. The highest BCUT2D eigenvalue weighted by atomic mass is 19.1. The summed E-state index contributed by atoms with van der Waals surface area (Å²) in [5.41, 5.74) is 5.13. The van der Waals surface area contributed by atoms with Gasteiger partial charge in [0.05, 0.1) is 5.83 Å². The van der Waals surface area contributed by atoms with Gasteiger partial charge in [-0.25, -0.2) is 4.39 Å². The summed E-state index contributed by atoms with van der Waals surface area (Å²) in [6.45, 7) is 2.16. The maximum absolute atomic E-state index is 12.2. The fourth-order valence-electron chi connectivity index (χ4n) is 0.410. The quantitative estimate of drug-likeness (QED) is 0.577. The van der Waals surface area contributed by atoms with E-state index >= 15 is 0 Å². The van der Waals surface area contributed by atoms with Gasteiger partial charge in [0.2, 0.25) is 0 Å². The number of hydrogen-bond acceptors (Lipinski definition) is 1. The van der Waals surface area contributed by atoms with Gasteiger partial charge in [0.15, 0.2) is 0 Å². The predicted molar refractivity (Wildman–Crippen MR) is 37.7 cm³/mol. The number of rotatable bonds is 3. The molecule has 0 saturated heterocycles. The van der Waals surface area contributed by atoms with Crippen LogP contribution in [0.4, 0.5) is 4.39 Å². The van der Waals surface area contributed by atoms with E-state index < -0.39 is 0 Å². The zero-order valence-electron chi connectivity index (χ0n) is 5.60. The van der Waals surface area contributed by atoms with Gasteiger partial charge in [-0.15, -0.1) is 0 Å². The predicted octanol–water partition coefficient (Wildman–Crippen LogP) is 1.76. The van der Waals surface area contributed by atoms with Crippen LogP contribution in [0, 0.1) is 0 Å². The van der Waals surface area contributed by atoms with E-state index in [1.807, 2.05) is 0 Å². The van der Waals surface area contributed by atoms with E-state index in [0.717, 1.165) is 0 Å². The molecular formula is C7H12FN. The molecule has 0 aliphatic rings. The third-order valence-electron chi connectivity index (χ3n) is 0.929. The zero-order valence-corrected chi connectivity index (χ0v) is 5.60. The molecule has 0 saturated carbocycles. The van der Waals surface area contributed by atoms with Crippen LogP contribution >= 0.6 is 0 Å². The van der Waals surface area contributed by atoms with Gasteiger partial charge in [0, 0.05) is 13.0 Å². The Bertz CT molecular complexity index is 116. The number of allylic oxidation sites excluding steroid dienone is 3. The van der Waals surface area contributed by atoms with Crippen molar-refractivity contribution in [2.24, 2.45) is 5.73 Å². The van der Waals surface area contributed by atoms with Crippen LogP contribution in [0.15, 0.2) is 24.1 Å². The van der Waals surface area contributed by atoms with Crippen molar-refractivity contribution in [3.8, 4) is 0 Å². The maximum atomic E-state index is 12.2. The smallest absolute Gasteiger partial charge is 0.0994 e. The van der Waals surface area contributed by atoms with E-state index in [4.69, 9.17) is 5.73 Å². The van der Waals surface area contributed by atoms with Crippen molar-refractivity contribution in [2.45, 2.75) is 13.3 Å². The van der Waals surface area contributed by atoms with Crippen molar-refractivity contribution < 1.29 is 4.39 Å². The summed E-state index contributed by atoms with van der Waals surface area (Å²) in [6.07, 6.45) is 5.27. The Morgan fingerprint density at radius 1 is 1.56 bits per heavy atom. The topological polar surface area (TPSA) is 26.0 Å². The zero-order chi connectivity index (χ0) is 7.11. The molecule has 0 radical (unpaired) electrons. The van der Waals surface area contributed by atoms with Crippen LogP contribution in [0.5, 0.6) is 0 Å². The van der Waals surface area contributed by atoms with Gasteiger partial charge in [-0.3, -0.25) is 0 Å². The van der Waals surface area contributed by atoms with Gasteiger partial charge in [-0.05, 0) is 6.92 Å². The minimum absolute atomic E-state index is 0.111. The van der Waals surface area contributed by atoms with E-state index in [0.29, 0.717) is 13.0 Å². The van der Waals surface area contributed by atoms with Crippen molar-refractivity contribution >= 4 is 0 Å². The molecule has 0 aliphatic heterocycles. The van der Waals surface area contributed by atoms with Gasteiger partial charge in [-0.1, -0.05) is 18.2 Å². The van der Waals surface area contributed by atoms with Crippen LogP contribution in [0.3, 0.4) is 0 Å².